The minimum Gasteiger partial charge on any atom is -0.494 e. The fourth-order valence-electron chi connectivity index (χ4n) is 4.84. The van der Waals surface area contributed by atoms with E-state index in [0.717, 1.165) is 37.7 Å². The van der Waals surface area contributed by atoms with Crippen LogP contribution in [0, 0.1) is 6.92 Å². The summed E-state index contributed by atoms with van der Waals surface area (Å²) in [4.78, 5) is 43.1. The van der Waals surface area contributed by atoms with Crippen molar-refractivity contribution in [1.29, 1.82) is 0 Å². The number of benzene rings is 2. The van der Waals surface area contributed by atoms with E-state index in [9.17, 15) is 14.4 Å². The highest BCUT2D eigenvalue weighted by molar-refractivity contribution is 6.23. The summed E-state index contributed by atoms with van der Waals surface area (Å²) in [7, 11) is 0. The molecule has 3 amide bonds. The Kier molecular flexibility index (Phi) is 6.58. The first kappa shape index (κ1) is 22.1. The molecule has 2 aromatic rings. The molecule has 1 atom stereocenters. The van der Waals surface area contributed by atoms with Crippen LogP contribution in [0.3, 0.4) is 0 Å². The van der Waals surface area contributed by atoms with E-state index in [4.69, 9.17) is 4.74 Å². The van der Waals surface area contributed by atoms with Crippen molar-refractivity contribution in [3.63, 3.8) is 0 Å². The molecule has 1 saturated heterocycles. The lowest BCUT2D eigenvalue weighted by Gasteiger charge is -2.37. The highest BCUT2D eigenvalue weighted by atomic mass is 16.5. The van der Waals surface area contributed by atoms with Crippen LogP contribution in [0.4, 0.5) is 5.69 Å². The Morgan fingerprint density at radius 3 is 2.38 bits per heavy atom. The normalized spacial score (nSPS) is 19.3. The van der Waals surface area contributed by atoms with Crippen LogP contribution in [0.15, 0.2) is 48.5 Å². The monoisotopic (exact) mass is 434 g/mol. The van der Waals surface area contributed by atoms with Crippen molar-refractivity contribution in [2.75, 3.05) is 11.5 Å². The van der Waals surface area contributed by atoms with E-state index in [1.54, 1.807) is 35.2 Å². The quantitative estimate of drug-likeness (QED) is 0.628. The Morgan fingerprint density at radius 2 is 1.72 bits per heavy atom. The highest BCUT2D eigenvalue weighted by Crippen LogP contribution is 2.33. The fraction of sp³-hybridized carbons (Fsp3) is 0.423. The molecule has 0 aromatic heterocycles. The Hall–Kier alpha value is -3.15. The van der Waals surface area contributed by atoms with Crippen LogP contribution in [-0.4, -0.2) is 41.3 Å². The minimum absolute atomic E-state index is 0.0141. The Morgan fingerprint density at radius 1 is 1.03 bits per heavy atom. The van der Waals surface area contributed by atoms with E-state index in [-0.39, 0.29) is 30.2 Å². The topological polar surface area (TPSA) is 66.9 Å². The molecular formula is C26H30N2O4. The van der Waals surface area contributed by atoms with Crippen molar-refractivity contribution < 1.29 is 19.1 Å². The average molecular weight is 435 g/mol. The summed E-state index contributed by atoms with van der Waals surface area (Å²) in [5, 5.41) is 0. The molecule has 0 spiro atoms. The number of hydrogen-bond donors (Lipinski definition) is 0. The second kappa shape index (κ2) is 9.55. The zero-order valence-electron chi connectivity index (χ0n) is 18.8. The van der Waals surface area contributed by atoms with Crippen molar-refractivity contribution >= 4 is 23.4 Å². The van der Waals surface area contributed by atoms with Gasteiger partial charge in [-0.3, -0.25) is 14.4 Å². The van der Waals surface area contributed by atoms with Crippen LogP contribution < -0.4 is 9.64 Å². The molecule has 1 saturated carbocycles. The standard InChI is InChI=1S/C26H30N2O4/c1-3-32-21-15-13-20(14-16-21)28-24(29)17-23(26(28)31)27(19-10-5-4-6-11-19)25(30)22-12-8-7-9-18(22)2/h7-9,12-16,19,23H,3-6,10-11,17H2,1-2H3. The molecule has 2 aromatic carbocycles. The summed E-state index contributed by atoms with van der Waals surface area (Å²) >= 11 is 0. The van der Waals surface area contributed by atoms with Gasteiger partial charge in [-0.1, -0.05) is 37.5 Å². The van der Waals surface area contributed by atoms with Crippen molar-refractivity contribution in [3.05, 3.63) is 59.7 Å². The first-order chi connectivity index (χ1) is 15.5. The molecular weight excluding hydrogens is 404 g/mol. The lowest BCUT2D eigenvalue weighted by atomic mass is 9.91. The number of carbonyl (C=O) groups is 3. The lowest BCUT2D eigenvalue weighted by molar-refractivity contribution is -0.123. The fourth-order valence-corrected chi connectivity index (χ4v) is 4.84. The second-order valence-electron chi connectivity index (χ2n) is 8.53. The van der Waals surface area contributed by atoms with Crippen LogP contribution in [0.2, 0.25) is 0 Å². The van der Waals surface area contributed by atoms with Crippen molar-refractivity contribution in [1.82, 2.24) is 4.90 Å². The third-order valence-electron chi connectivity index (χ3n) is 6.44. The van der Waals surface area contributed by atoms with Gasteiger partial charge in [0.2, 0.25) is 5.91 Å². The zero-order chi connectivity index (χ0) is 22.7. The summed E-state index contributed by atoms with van der Waals surface area (Å²) in [6.07, 6.45) is 4.93. The molecule has 2 aliphatic rings. The van der Waals surface area contributed by atoms with Gasteiger partial charge >= 0.3 is 0 Å². The molecule has 32 heavy (non-hydrogen) atoms. The summed E-state index contributed by atoms with van der Waals surface area (Å²) in [6.45, 7) is 4.35. The summed E-state index contributed by atoms with van der Waals surface area (Å²) in [5.74, 6) is -0.0747. The maximum absolute atomic E-state index is 13.7. The number of rotatable bonds is 6. The van der Waals surface area contributed by atoms with Gasteiger partial charge in [-0.15, -0.1) is 0 Å². The zero-order valence-corrected chi connectivity index (χ0v) is 18.8. The molecule has 1 aliphatic heterocycles. The summed E-state index contributed by atoms with van der Waals surface area (Å²) in [5.41, 5.74) is 1.98. The Labute approximate surface area is 189 Å². The smallest absolute Gasteiger partial charge is 0.257 e. The molecule has 0 bridgehead atoms. The minimum atomic E-state index is -0.774. The van der Waals surface area contributed by atoms with Gasteiger partial charge in [-0.25, -0.2) is 4.90 Å². The molecule has 1 heterocycles. The number of carbonyl (C=O) groups excluding carboxylic acids is 3. The highest BCUT2D eigenvalue weighted by Gasteiger charge is 2.46. The second-order valence-corrected chi connectivity index (χ2v) is 8.53. The molecule has 4 rings (SSSR count). The third kappa shape index (κ3) is 4.27. The SMILES string of the molecule is CCOc1ccc(N2C(=O)CC(N(C(=O)c3ccccc3C)C3CCCCC3)C2=O)cc1. The van der Waals surface area contributed by atoms with E-state index in [1.165, 1.54) is 4.90 Å². The Bertz CT molecular complexity index is 995. The average Bonchev–Trinajstić information content (AvgIpc) is 3.09. The van der Waals surface area contributed by atoms with Crippen LogP contribution in [-0.2, 0) is 9.59 Å². The molecule has 6 nitrogen and oxygen atoms in total. The van der Waals surface area contributed by atoms with Crippen LogP contribution in [0.25, 0.3) is 0 Å². The Balaban J connectivity index is 1.65. The number of ether oxygens (including phenoxy) is 1. The maximum Gasteiger partial charge on any atom is 0.257 e. The van der Waals surface area contributed by atoms with Crippen LogP contribution >= 0.6 is 0 Å². The van der Waals surface area contributed by atoms with Crippen LogP contribution in [0.5, 0.6) is 5.75 Å². The van der Waals surface area contributed by atoms with Crippen molar-refractivity contribution in [3.8, 4) is 5.75 Å². The molecule has 1 aliphatic carbocycles. The maximum atomic E-state index is 13.7. The van der Waals surface area contributed by atoms with E-state index in [2.05, 4.69) is 0 Å². The van der Waals surface area contributed by atoms with E-state index in [1.807, 2.05) is 32.0 Å². The van der Waals surface area contributed by atoms with Gasteiger partial charge in [0.15, 0.2) is 0 Å². The number of nitrogens with zero attached hydrogens (tertiary/aromatic N) is 2. The first-order valence-electron chi connectivity index (χ1n) is 11.5. The van der Waals surface area contributed by atoms with Gasteiger partial charge in [0.1, 0.15) is 11.8 Å². The summed E-state index contributed by atoms with van der Waals surface area (Å²) in [6, 6.07) is 13.6. The van der Waals surface area contributed by atoms with E-state index >= 15 is 0 Å². The van der Waals surface area contributed by atoms with Crippen molar-refractivity contribution in [2.45, 2.75) is 64.5 Å². The number of anilines is 1. The summed E-state index contributed by atoms with van der Waals surface area (Å²) < 4.78 is 5.47. The van der Waals surface area contributed by atoms with E-state index in [0.29, 0.717) is 23.6 Å². The molecule has 0 N–H and O–H groups in total. The molecule has 6 heteroatoms. The van der Waals surface area contributed by atoms with Gasteiger partial charge in [0.05, 0.1) is 18.7 Å². The predicted molar refractivity (Wildman–Crippen MR) is 123 cm³/mol. The van der Waals surface area contributed by atoms with E-state index < -0.39 is 6.04 Å². The molecule has 1 unspecified atom stereocenters. The molecule has 0 radical (unpaired) electrons. The van der Waals surface area contributed by atoms with Gasteiger partial charge < -0.3 is 9.64 Å². The number of imide groups is 1. The molecule has 2 fully saturated rings. The van der Waals surface area contributed by atoms with Crippen LogP contribution in [0.1, 0.15) is 61.4 Å². The predicted octanol–water partition coefficient (Wildman–Crippen LogP) is 4.50. The van der Waals surface area contributed by atoms with Gasteiger partial charge in [-0.2, -0.15) is 0 Å². The number of hydrogen-bond acceptors (Lipinski definition) is 4. The van der Waals surface area contributed by atoms with Gasteiger partial charge in [0.25, 0.3) is 11.8 Å². The molecule has 168 valence electrons. The van der Waals surface area contributed by atoms with Crippen molar-refractivity contribution in [2.24, 2.45) is 0 Å². The number of amides is 3. The first-order valence-corrected chi connectivity index (χ1v) is 11.5. The third-order valence-corrected chi connectivity index (χ3v) is 6.44. The number of aryl methyl sites for hydroxylation is 1. The largest absolute Gasteiger partial charge is 0.494 e. The van der Waals surface area contributed by atoms with Gasteiger partial charge in [-0.05, 0) is 62.6 Å². The lowest BCUT2D eigenvalue weighted by Crippen LogP contribution is -2.51. The van der Waals surface area contributed by atoms with Gasteiger partial charge in [0, 0.05) is 11.6 Å².